The Hall–Kier alpha value is -1.14. The van der Waals surface area contributed by atoms with Crippen LogP contribution in [0, 0.1) is 5.41 Å². The van der Waals surface area contributed by atoms with Crippen molar-refractivity contribution in [3.05, 3.63) is 35.2 Å². The summed E-state index contributed by atoms with van der Waals surface area (Å²) in [7, 11) is 0. The van der Waals surface area contributed by atoms with Crippen LogP contribution in [0.2, 0.25) is 0 Å². The Morgan fingerprint density at radius 2 is 2.21 bits per heavy atom. The Balaban J connectivity index is 0.00000169. The summed E-state index contributed by atoms with van der Waals surface area (Å²) in [5.41, 5.74) is 0.638. The Kier molecular flexibility index (Phi) is 5.16. The van der Waals surface area contributed by atoms with E-state index in [1.165, 1.54) is 0 Å². The zero-order valence-electron chi connectivity index (χ0n) is 13.5. The maximum atomic E-state index is 13.0. The lowest BCUT2D eigenvalue weighted by molar-refractivity contribution is -0.0432. The maximum absolute atomic E-state index is 13.0. The average Bonchev–Trinajstić information content (AvgIpc) is 3.01. The van der Waals surface area contributed by atoms with Crippen LogP contribution in [0.25, 0.3) is 10.1 Å². The normalized spacial score (nSPS) is 27.2. The van der Waals surface area contributed by atoms with E-state index in [0.29, 0.717) is 6.54 Å². The number of fused-ring (bicyclic) bond motifs is 1. The summed E-state index contributed by atoms with van der Waals surface area (Å²) in [4.78, 5) is 15.0. The SMILES string of the molecule is Cl.O=C(c1csc2ccccc12)N1CCC[C@]2(CNCC[C@@H]2O)C1. The van der Waals surface area contributed by atoms with Gasteiger partial charge >= 0.3 is 0 Å². The second-order valence-electron chi connectivity index (χ2n) is 6.82. The van der Waals surface area contributed by atoms with Gasteiger partial charge in [0.05, 0.1) is 11.7 Å². The van der Waals surface area contributed by atoms with Crippen molar-refractivity contribution < 1.29 is 9.90 Å². The highest BCUT2D eigenvalue weighted by Crippen LogP contribution is 2.37. The molecule has 4 rings (SSSR count). The van der Waals surface area contributed by atoms with Gasteiger partial charge < -0.3 is 15.3 Å². The Labute approximate surface area is 152 Å². The van der Waals surface area contributed by atoms with E-state index in [4.69, 9.17) is 0 Å². The number of benzene rings is 1. The fraction of sp³-hybridized carbons (Fsp3) is 0.500. The van der Waals surface area contributed by atoms with Gasteiger partial charge in [0.15, 0.2) is 0 Å². The molecule has 1 aromatic heterocycles. The van der Waals surface area contributed by atoms with Gasteiger partial charge in [-0.1, -0.05) is 18.2 Å². The van der Waals surface area contributed by atoms with Crippen LogP contribution < -0.4 is 5.32 Å². The molecule has 2 saturated heterocycles. The predicted octanol–water partition coefficient (Wildman–Crippen LogP) is 2.90. The summed E-state index contributed by atoms with van der Waals surface area (Å²) < 4.78 is 1.15. The summed E-state index contributed by atoms with van der Waals surface area (Å²) in [5, 5.41) is 16.9. The van der Waals surface area contributed by atoms with Crippen molar-refractivity contribution in [2.75, 3.05) is 26.2 Å². The monoisotopic (exact) mass is 366 g/mol. The Bertz CT molecular complexity index is 731. The third kappa shape index (κ3) is 2.94. The summed E-state index contributed by atoms with van der Waals surface area (Å²) >= 11 is 1.62. The van der Waals surface area contributed by atoms with Gasteiger partial charge in [-0.2, -0.15) is 0 Å². The number of aliphatic hydroxyl groups is 1. The van der Waals surface area contributed by atoms with Crippen molar-refractivity contribution in [1.82, 2.24) is 10.2 Å². The number of hydrogen-bond donors (Lipinski definition) is 2. The summed E-state index contributed by atoms with van der Waals surface area (Å²) in [5.74, 6) is 0.110. The number of carbonyl (C=O) groups is 1. The number of nitrogens with one attached hydrogen (secondary N) is 1. The van der Waals surface area contributed by atoms with Crippen LogP contribution in [0.5, 0.6) is 0 Å². The minimum Gasteiger partial charge on any atom is -0.392 e. The van der Waals surface area contributed by atoms with Gasteiger partial charge in [0.1, 0.15) is 0 Å². The molecule has 2 fully saturated rings. The molecule has 1 amide bonds. The highest BCUT2D eigenvalue weighted by Gasteiger charge is 2.44. The minimum atomic E-state index is -0.307. The van der Waals surface area contributed by atoms with Crippen LogP contribution in [-0.4, -0.2) is 48.2 Å². The average molecular weight is 367 g/mol. The molecule has 2 aliphatic rings. The number of piperidine rings is 2. The molecule has 2 N–H and O–H groups in total. The largest absolute Gasteiger partial charge is 0.392 e. The second kappa shape index (κ2) is 7.00. The molecule has 3 heterocycles. The molecule has 2 atom stereocenters. The third-order valence-corrected chi connectivity index (χ3v) is 6.35. The summed E-state index contributed by atoms with van der Waals surface area (Å²) in [6.45, 7) is 3.12. The van der Waals surface area contributed by atoms with E-state index < -0.39 is 0 Å². The number of rotatable bonds is 1. The molecule has 4 nitrogen and oxygen atoms in total. The minimum absolute atomic E-state index is 0. The van der Waals surface area contributed by atoms with Gasteiger partial charge in [0.2, 0.25) is 0 Å². The van der Waals surface area contributed by atoms with Crippen LogP contribution in [0.3, 0.4) is 0 Å². The Morgan fingerprint density at radius 1 is 1.38 bits per heavy atom. The van der Waals surface area contributed by atoms with Crippen LogP contribution in [0.4, 0.5) is 0 Å². The van der Waals surface area contributed by atoms with E-state index in [9.17, 15) is 9.90 Å². The van der Waals surface area contributed by atoms with Crippen molar-refractivity contribution in [3.63, 3.8) is 0 Å². The number of aliphatic hydroxyl groups excluding tert-OH is 1. The number of carbonyl (C=O) groups excluding carboxylic acids is 1. The molecular weight excluding hydrogens is 344 g/mol. The van der Waals surface area contributed by atoms with Gasteiger partial charge in [0, 0.05) is 40.5 Å². The summed E-state index contributed by atoms with van der Waals surface area (Å²) in [6, 6.07) is 8.07. The molecule has 1 aromatic carbocycles. The standard InChI is InChI=1S/C18H22N2O2S.ClH/c21-16-6-8-19-11-18(16)7-3-9-20(12-18)17(22)14-10-23-15-5-2-1-4-13(14)15;/h1-2,4-5,10,16,19,21H,3,6-9,11-12H2;1H/t16-,18-;/m0./s1. The summed E-state index contributed by atoms with van der Waals surface area (Å²) in [6.07, 6.45) is 2.43. The molecule has 0 radical (unpaired) electrons. The van der Waals surface area contributed by atoms with E-state index in [1.54, 1.807) is 11.3 Å². The predicted molar refractivity (Wildman–Crippen MR) is 100 cm³/mol. The molecule has 0 bridgehead atoms. The Morgan fingerprint density at radius 3 is 3.04 bits per heavy atom. The van der Waals surface area contributed by atoms with Gasteiger partial charge in [-0.3, -0.25) is 4.79 Å². The van der Waals surface area contributed by atoms with Gasteiger partial charge in [-0.25, -0.2) is 0 Å². The van der Waals surface area contributed by atoms with E-state index in [-0.39, 0.29) is 29.8 Å². The van der Waals surface area contributed by atoms with Crippen molar-refractivity contribution in [1.29, 1.82) is 0 Å². The molecule has 24 heavy (non-hydrogen) atoms. The second-order valence-corrected chi connectivity index (χ2v) is 7.73. The first-order chi connectivity index (χ1) is 11.2. The molecule has 1 spiro atoms. The number of nitrogens with zero attached hydrogens (tertiary/aromatic N) is 1. The first-order valence-corrected chi connectivity index (χ1v) is 9.22. The number of amides is 1. The molecule has 0 unspecified atom stereocenters. The third-order valence-electron chi connectivity index (χ3n) is 5.39. The lowest BCUT2D eigenvalue weighted by Gasteiger charge is -2.48. The van der Waals surface area contributed by atoms with E-state index >= 15 is 0 Å². The number of likely N-dealkylation sites (tertiary alicyclic amines) is 1. The van der Waals surface area contributed by atoms with Crippen molar-refractivity contribution in [2.24, 2.45) is 5.41 Å². The van der Waals surface area contributed by atoms with Gasteiger partial charge in [0.25, 0.3) is 5.91 Å². The highest BCUT2D eigenvalue weighted by molar-refractivity contribution is 7.17. The van der Waals surface area contributed by atoms with E-state index in [0.717, 1.165) is 54.5 Å². The molecule has 6 heteroatoms. The smallest absolute Gasteiger partial charge is 0.255 e. The molecule has 2 aliphatic heterocycles. The lowest BCUT2D eigenvalue weighted by atomic mass is 9.72. The number of hydrogen-bond acceptors (Lipinski definition) is 4. The molecular formula is C18H23ClN2O2S. The first-order valence-electron chi connectivity index (χ1n) is 8.34. The maximum Gasteiger partial charge on any atom is 0.255 e. The lowest BCUT2D eigenvalue weighted by Crippen LogP contribution is -2.58. The highest BCUT2D eigenvalue weighted by atomic mass is 35.5. The zero-order chi connectivity index (χ0) is 15.9. The first kappa shape index (κ1) is 17.7. The van der Waals surface area contributed by atoms with E-state index in [2.05, 4.69) is 11.4 Å². The van der Waals surface area contributed by atoms with E-state index in [1.807, 2.05) is 28.5 Å². The molecule has 130 valence electrons. The number of thiophene rings is 1. The van der Waals surface area contributed by atoms with Crippen LogP contribution >= 0.6 is 23.7 Å². The van der Waals surface area contributed by atoms with Gasteiger partial charge in [-0.15, -0.1) is 23.7 Å². The molecule has 0 aliphatic carbocycles. The van der Waals surface area contributed by atoms with Crippen molar-refractivity contribution >= 4 is 39.7 Å². The molecule has 0 saturated carbocycles. The van der Waals surface area contributed by atoms with Crippen LogP contribution in [0.1, 0.15) is 29.6 Å². The quantitative estimate of drug-likeness (QED) is 0.816. The fourth-order valence-corrected chi connectivity index (χ4v) is 5.00. The fourth-order valence-electron chi connectivity index (χ4n) is 4.06. The number of halogens is 1. The molecule has 2 aromatic rings. The zero-order valence-corrected chi connectivity index (χ0v) is 15.2. The van der Waals surface area contributed by atoms with Crippen molar-refractivity contribution in [2.45, 2.75) is 25.4 Å². The topological polar surface area (TPSA) is 52.6 Å². The van der Waals surface area contributed by atoms with Crippen molar-refractivity contribution in [3.8, 4) is 0 Å². The van der Waals surface area contributed by atoms with Gasteiger partial charge in [-0.05, 0) is 31.9 Å². The van der Waals surface area contributed by atoms with Crippen LogP contribution in [0.15, 0.2) is 29.6 Å². The van der Waals surface area contributed by atoms with Crippen LogP contribution in [-0.2, 0) is 0 Å².